The molecule has 2 aromatic heterocycles. The van der Waals surface area contributed by atoms with Crippen molar-refractivity contribution in [3.63, 3.8) is 0 Å². The Hall–Kier alpha value is -2.62. The second kappa shape index (κ2) is 5.17. The molecule has 0 saturated carbocycles. The molecule has 0 aliphatic carbocycles. The smallest absolute Gasteiger partial charge is 0.0630 e. The summed E-state index contributed by atoms with van der Waals surface area (Å²) >= 11 is 0. The molecule has 4 heteroatoms. The highest BCUT2D eigenvalue weighted by molar-refractivity contribution is 5.98. The van der Waals surface area contributed by atoms with Crippen molar-refractivity contribution in [2.24, 2.45) is 0 Å². The third-order valence-corrected chi connectivity index (χ3v) is 3.47. The van der Waals surface area contributed by atoms with Gasteiger partial charge in [0.15, 0.2) is 0 Å². The van der Waals surface area contributed by atoms with Crippen LogP contribution in [0.4, 0.5) is 11.4 Å². The largest absolute Gasteiger partial charge is 0.397 e. The van der Waals surface area contributed by atoms with Gasteiger partial charge in [0.1, 0.15) is 0 Å². The van der Waals surface area contributed by atoms with Gasteiger partial charge >= 0.3 is 0 Å². The molecule has 1 aromatic carbocycles. The maximum absolute atomic E-state index is 6.22. The number of hydrogen-bond donors (Lipinski definition) is 2. The summed E-state index contributed by atoms with van der Waals surface area (Å²) in [6.45, 7) is 2.79. The van der Waals surface area contributed by atoms with E-state index in [1.165, 1.54) is 11.1 Å². The quantitative estimate of drug-likeness (QED) is 0.713. The summed E-state index contributed by atoms with van der Waals surface area (Å²) in [5.41, 5.74) is 10.3. The Morgan fingerprint density at radius 3 is 2.70 bits per heavy atom. The number of nitrogens with one attached hydrogen (secondary N) is 1. The van der Waals surface area contributed by atoms with Gasteiger partial charge in [0, 0.05) is 42.1 Å². The van der Waals surface area contributed by atoms with Gasteiger partial charge in [0.05, 0.1) is 11.4 Å². The van der Waals surface area contributed by atoms with Crippen molar-refractivity contribution in [1.82, 2.24) is 9.97 Å². The van der Waals surface area contributed by atoms with Crippen molar-refractivity contribution < 1.29 is 0 Å². The summed E-state index contributed by atoms with van der Waals surface area (Å²) in [6, 6.07) is 7.98. The van der Waals surface area contributed by atoms with Crippen LogP contribution >= 0.6 is 0 Å². The highest BCUT2D eigenvalue weighted by Gasteiger charge is 2.05. The number of nitrogen functional groups attached to an aromatic ring is 1. The van der Waals surface area contributed by atoms with Crippen molar-refractivity contribution in [3.8, 4) is 0 Å². The first kappa shape index (κ1) is 12.4. The normalized spacial score (nSPS) is 10.7. The third kappa shape index (κ3) is 2.28. The Morgan fingerprint density at radius 2 is 1.85 bits per heavy atom. The van der Waals surface area contributed by atoms with Crippen molar-refractivity contribution in [2.45, 2.75) is 13.5 Å². The standard InChI is InChI=1S/C16H16N4/c1-11-8-18-6-4-12(11)10-20-15-3-2-13-9-19-7-5-14(13)16(15)17/h2-9,20H,10,17H2,1H3. The van der Waals surface area contributed by atoms with Crippen LogP contribution in [-0.2, 0) is 6.54 Å². The second-order valence-electron chi connectivity index (χ2n) is 4.78. The highest BCUT2D eigenvalue weighted by atomic mass is 14.9. The number of pyridine rings is 2. The van der Waals surface area contributed by atoms with Crippen molar-refractivity contribution in [1.29, 1.82) is 0 Å². The van der Waals surface area contributed by atoms with E-state index >= 15 is 0 Å². The summed E-state index contributed by atoms with van der Waals surface area (Å²) in [5, 5.41) is 5.47. The predicted octanol–water partition coefficient (Wildman–Crippen LogP) is 3.13. The third-order valence-electron chi connectivity index (χ3n) is 3.47. The number of nitrogens with zero attached hydrogens (tertiary/aromatic N) is 2. The zero-order valence-corrected chi connectivity index (χ0v) is 11.3. The molecule has 0 aliphatic rings. The van der Waals surface area contributed by atoms with Gasteiger partial charge in [-0.1, -0.05) is 6.07 Å². The van der Waals surface area contributed by atoms with E-state index < -0.39 is 0 Å². The van der Waals surface area contributed by atoms with Crippen molar-refractivity contribution in [3.05, 3.63) is 60.2 Å². The zero-order valence-electron chi connectivity index (χ0n) is 11.3. The molecule has 100 valence electrons. The van der Waals surface area contributed by atoms with Gasteiger partial charge in [-0.2, -0.15) is 0 Å². The van der Waals surface area contributed by atoms with E-state index in [1.54, 1.807) is 12.4 Å². The first-order valence-corrected chi connectivity index (χ1v) is 6.51. The first-order chi connectivity index (χ1) is 9.75. The Balaban J connectivity index is 1.88. The summed E-state index contributed by atoms with van der Waals surface area (Å²) < 4.78 is 0. The summed E-state index contributed by atoms with van der Waals surface area (Å²) in [4.78, 5) is 8.20. The monoisotopic (exact) mass is 264 g/mol. The van der Waals surface area contributed by atoms with Gasteiger partial charge in [0.2, 0.25) is 0 Å². The van der Waals surface area contributed by atoms with Crippen LogP contribution in [0.15, 0.2) is 49.1 Å². The van der Waals surface area contributed by atoms with Gasteiger partial charge in [-0.15, -0.1) is 0 Å². The van der Waals surface area contributed by atoms with Crippen LogP contribution in [0.2, 0.25) is 0 Å². The molecule has 3 aromatic rings. The molecule has 3 rings (SSSR count). The number of nitrogens with two attached hydrogens (primary N) is 1. The van der Waals surface area contributed by atoms with Crippen LogP contribution in [0.3, 0.4) is 0 Å². The van der Waals surface area contributed by atoms with E-state index in [9.17, 15) is 0 Å². The lowest BCUT2D eigenvalue weighted by molar-refractivity contribution is 1.09. The predicted molar refractivity (Wildman–Crippen MR) is 82.5 cm³/mol. The fourth-order valence-corrected chi connectivity index (χ4v) is 2.24. The fraction of sp³-hybridized carbons (Fsp3) is 0.125. The average Bonchev–Trinajstić information content (AvgIpc) is 2.48. The van der Waals surface area contributed by atoms with Crippen LogP contribution in [-0.4, -0.2) is 9.97 Å². The summed E-state index contributed by atoms with van der Waals surface area (Å²) in [7, 11) is 0. The highest BCUT2D eigenvalue weighted by Crippen LogP contribution is 2.28. The Bertz CT molecular complexity index is 752. The molecule has 0 atom stereocenters. The van der Waals surface area contributed by atoms with Crippen LogP contribution in [0.25, 0.3) is 10.8 Å². The maximum atomic E-state index is 6.22. The molecule has 0 saturated heterocycles. The van der Waals surface area contributed by atoms with Gasteiger partial charge in [-0.3, -0.25) is 9.97 Å². The minimum atomic E-state index is 0.731. The van der Waals surface area contributed by atoms with Crippen LogP contribution in [0, 0.1) is 6.92 Å². The zero-order chi connectivity index (χ0) is 13.9. The van der Waals surface area contributed by atoms with E-state index in [4.69, 9.17) is 5.73 Å². The lowest BCUT2D eigenvalue weighted by Gasteiger charge is -2.12. The molecule has 0 aliphatic heterocycles. The van der Waals surface area contributed by atoms with E-state index in [0.29, 0.717) is 0 Å². The SMILES string of the molecule is Cc1cnccc1CNc1ccc2cnccc2c1N. The van der Waals surface area contributed by atoms with E-state index in [2.05, 4.69) is 22.2 Å². The van der Waals surface area contributed by atoms with Gasteiger partial charge < -0.3 is 11.1 Å². The number of aryl methyl sites for hydroxylation is 1. The molecule has 20 heavy (non-hydrogen) atoms. The Labute approximate surface area is 117 Å². The summed E-state index contributed by atoms with van der Waals surface area (Å²) in [6.07, 6.45) is 7.25. The number of aromatic nitrogens is 2. The van der Waals surface area contributed by atoms with Crippen LogP contribution in [0.5, 0.6) is 0 Å². The summed E-state index contributed by atoms with van der Waals surface area (Å²) in [5.74, 6) is 0. The van der Waals surface area contributed by atoms with Gasteiger partial charge in [-0.05, 0) is 36.2 Å². The van der Waals surface area contributed by atoms with E-state index in [-0.39, 0.29) is 0 Å². The van der Waals surface area contributed by atoms with E-state index in [0.717, 1.165) is 28.7 Å². The van der Waals surface area contributed by atoms with Crippen molar-refractivity contribution in [2.75, 3.05) is 11.1 Å². The molecule has 4 nitrogen and oxygen atoms in total. The Kier molecular flexibility index (Phi) is 3.21. The first-order valence-electron chi connectivity index (χ1n) is 6.51. The Morgan fingerprint density at radius 1 is 1.05 bits per heavy atom. The van der Waals surface area contributed by atoms with Gasteiger partial charge in [0.25, 0.3) is 0 Å². The number of fused-ring (bicyclic) bond motifs is 1. The fourth-order valence-electron chi connectivity index (χ4n) is 2.24. The molecule has 0 radical (unpaired) electrons. The molecule has 0 spiro atoms. The maximum Gasteiger partial charge on any atom is 0.0630 e. The minimum absolute atomic E-state index is 0.731. The van der Waals surface area contributed by atoms with Gasteiger partial charge in [-0.25, -0.2) is 0 Å². The van der Waals surface area contributed by atoms with Crippen LogP contribution < -0.4 is 11.1 Å². The van der Waals surface area contributed by atoms with Crippen LogP contribution in [0.1, 0.15) is 11.1 Å². The lowest BCUT2D eigenvalue weighted by Crippen LogP contribution is -2.04. The van der Waals surface area contributed by atoms with E-state index in [1.807, 2.05) is 36.7 Å². The molecule has 0 unspecified atom stereocenters. The molecule has 3 N–H and O–H groups in total. The number of anilines is 2. The minimum Gasteiger partial charge on any atom is -0.397 e. The molecule has 0 amide bonds. The number of rotatable bonds is 3. The number of benzene rings is 1. The lowest BCUT2D eigenvalue weighted by atomic mass is 10.1. The molecular formula is C16H16N4. The average molecular weight is 264 g/mol. The molecule has 2 heterocycles. The molecular weight excluding hydrogens is 248 g/mol. The topological polar surface area (TPSA) is 63.8 Å². The number of hydrogen-bond acceptors (Lipinski definition) is 4. The molecule has 0 bridgehead atoms. The second-order valence-corrected chi connectivity index (χ2v) is 4.78. The molecule has 0 fully saturated rings. The van der Waals surface area contributed by atoms with Crippen molar-refractivity contribution >= 4 is 22.1 Å².